The average molecular weight is 386 g/mol. The van der Waals surface area contributed by atoms with Gasteiger partial charge in [0, 0.05) is 11.0 Å². The molecular formula is C21H39NO3S. The van der Waals surface area contributed by atoms with Gasteiger partial charge in [0.15, 0.2) is 0 Å². The molecule has 2 N–H and O–H groups in total. The molecular weight excluding hydrogens is 346 g/mol. The molecule has 0 aliphatic heterocycles. The van der Waals surface area contributed by atoms with Crippen LogP contribution in [0.4, 0.5) is 4.79 Å². The molecule has 5 heteroatoms. The maximum absolute atomic E-state index is 12.3. The van der Waals surface area contributed by atoms with Gasteiger partial charge < -0.3 is 15.2 Å². The van der Waals surface area contributed by atoms with Crippen LogP contribution in [0.15, 0.2) is 0 Å². The SMILES string of the molecule is CC(C)(C)OC(=O)NC(CC1CCCCC1)C(O)CSC1CCCCC1. The molecule has 4 nitrogen and oxygen atoms in total. The zero-order valence-electron chi connectivity index (χ0n) is 17.0. The lowest BCUT2D eigenvalue weighted by molar-refractivity contribution is 0.0416. The quantitative estimate of drug-likeness (QED) is 0.626. The third kappa shape index (κ3) is 8.51. The highest BCUT2D eigenvalue weighted by Crippen LogP contribution is 2.31. The monoisotopic (exact) mass is 385 g/mol. The van der Waals surface area contributed by atoms with Crippen LogP contribution >= 0.6 is 11.8 Å². The topological polar surface area (TPSA) is 58.6 Å². The smallest absolute Gasteiger partial charge is 0.407 e. The van der Waals surface area contributed by atoms with Crippen molar-refractivity contribution in [1.82, 2.24) is 5.32 Å². The molecule has 0 bridgehead atoms. The second-order valence-electron chi connectivity index (χ2n) is 9.15. The predicted molar refractivity (Wildman–Crippen MR) is 110 cm³/mol. The number of alkyl carbamates (subject to hydrolysis) is 1. The van der Waals surface area contributed by atoms with Crippen molar-refractivity contribution in [2.24, 2.45) is 5.92 Å². The third-order valence-corrected chi connectivity index (χ3v) is 7.01. The lowest BCUT2D eigenvalue weighted by Crippen LogP contribution is -2.47. The summed E-state index contributed by atoms with van der Waals surface area (Å²) in [5.41, 5.74) is -0.513. The summed E-state index contributed by atoms with van der Waals surface area (Å²) in [6.45, 7) is 5.62. The van der Waals surface area contributed by atoms with Gasteiger partial charge in [-0.25, -0.2) is 4.79 Å². The van der Waals surface area contributed by atoms with E-state index in [4.69, 9.17) is 4.74 Å². The molecule has 2 aliphatic rings. The van der Waals surface area contributed by atoms with Crippen LogP contribution in [-0.2, 0) is 4.74 Å². The summed E-state index contributed by atoms with van der Waals surface area (Å²) >= 11 is 1.89. The first-order valence-electron chi connectivity index (χ1n) is 10.6. The summed E-state index contributed by atoms with van der Waals surface area (Å²) in [5.74, 6) is 1.32. The van der Waals surface area contributed by atoms with Crippen LogP contribution in [0.5, 0.6) is 0 Å². The summed E-state index contributed by atoms with van der Waals surface area (Å²) in [4.78, 5) is 12.3. The second kappa shape index (κ2) is 10.8. The Morgan fingerprint density at radius 1 is 1.08 bits per heavy atom. The highest BCUT2D eigenvalue weighted by atomic mass is 32.2. The zero-order chi connectivity index (χ0) is 19.0. The Bertz CT molecular complexity index is 412. The Morgan fingerprint density at radius 2 is 1.65 bits per heavy atom. The van der Waals surface area contributed by atoms with Crippen molar-refractivity contribution in [3.05, 3.63) is 0 Å². The summed E-state index contributed by atoms with van der Waals surface area (Å²) in [6.07, 6.45) is 12.8. The number of thioether (sulfide) groups is 1. The Balaban J connectivity index is 1.87. The minimum absolute atomic E-state index is 0.205. The van der Waals surface area contributed by atoms with E-state index in [0.717, 1.165) is 6.42 Å². The minimum Gasteiger partial charge on any atom is -0.444 e. The molecule has 0 aromatic carbocycles. The number of aliphatic hydroxyl groups is 1. The van der Waals surface area contributed by atoms with Crippen molar-refractivity contribution in [2.45, 2.75) is 114 Å². The number of hydrogen-bond acceptors (Lipinski definition) is 4. The van der Waals surface area contributed by atoms with Gasteiger partial charge in [-0.05, 0) is 46.0 Å². The molecule has 1 amide bonds. The molecule has 0 heterocycles. The lowest BCUT2D eigenvalue weighted by Gasteiger charge is -2.31. The minimum atomic E-state index is -0.513. The second-order valence-corrected chi connectivity index (χ2v) is 10.5. The van der Waals surface area contributed by atoms with Crippen molar-refractivity contribution in [3.63, 3.8) is 0 Å². The molecule has 2 atom stereocenters. The largest absolute Gasteiger partial charge is 0.444 e. The molecule has 2 aliphatic carbocycles. The van der Waals surface area contributed by atoms with Crippen LogP contribution < -0.4 is 5.32 Å². The fourth-order valence-electron chi connectivity index (χ4n) is 4.14. The van der Waals surface area contributed by atoms with Gasteiger partial charge in [0.2, 0.25) is 0 Å². The zero-order valence-corrected chi connectivity index (χ0v) is 17.8. The molecule has 0 aromatic rings. The molecule has 0 radical (unpaired) electrons. The molecule has 26 heavy (non-hydrogen) atoms. The van der Waals surface area contributed by atoms with E-state index in [-0.39, 0.29) is 6.04 Å². The average Bonchev–Trinajstić information content (AvgIpc) is 2.59. The van der Waals surface area contributed by atoms with Crippen LogP contribution in [0.1, 0.15) is 91.4 Å². The number of rotatable bonds is 7. The standard InChI is InChI=1S/C21H39NO3S/c1-21(2,3)25-20(24)22-18(14-16-10-6-4-7-11-16)19(23)15-26-17-12-8-5-9-13-17/h16-19,23H,4-15H2,1-3H3,(H,22,24). The van der Waals surface area contributed by atoms with Crippen LogP contribution in [-0.4, -0.2) is 39.9 Å². The highest BCUT2D eigenvalue weighted by molar-refractivity contribution is 7.99. The lowest BCUT2D eigenvalue weighted by atomic mass is 9.84. The number of hydrogen-bond donors (Lipinski definition) is 2. The maximum atomic E-state index is 12.3. The van der Waals surface area contributed by atoms with E-state index in [2.05, 4.69) is 5.32 Å². The molecule has 152 valence electrons. The Labute approximate surface area is 164 Å². The maximum Gasteiger partial charge on any atom is 0.407 e. The summed E-state index contributed by atoms with van der Waals surface area (Å²) in [7, 11) is 0. The Hall–Kier alpha value is -0.420. The summed E-state index contributed by atoms with van der Waals surface area (Å²) in [6, 6.07) is -0.205. The fourth-order valence-corrected chi connectivity index (χ4v) is 5.50. The molecule has 0 aromatic heterocycles. The number of aliphatic hydroxyl groups excluding tert-OH is 1. The fraction of sp³-hybridized carbons (Fsp3) is 0.952. The summed E-state index contributed by atoms with van der Waals surface area (Å²) in [5, 5.41) is 14.5. The first-order valence-corrected chi connectivity index (χ1v) is 11.7. The molecule has 0 saturated heterocycles. The van der Waals surface area contributed by atoms with Crippen LogP contribution in [0.2, 0.25) is 0 Å². The van der Waals surface area contributed by atoms with E-state index in [1.165, 1.54) is 64.2 Å². The Morgan fingerprint density at radius 3 is 2.23 bits per heavy atom. The first kappa shape index (κ1) is 21.9. The molecule has 2 unspecified atom stereocenters. The van der Waals surface area contributed by atoms with E-state index in [1.54, 1.807) is 0 Å². The number of ether oxygens (including phenoxy) is 1. The predicted octanol–water partition coefficient (Wildman–Crippen LogP) is 5.28. The van der Waals surface area contributed by atoms with E-state index >= 15 is 0 Å². The van der Waals surface area contributed by atoms with Crippen molar-refractivity contribution in [3.8, 4) is 0 Å². The first-order chi connectivity index (χ1) is 12.3. The molecule has 2 fully saturated rings. The van der Waals surface area contributed by atoms with Gasteiger partial charge in [0.05, 0.1) is 12.1 Å². The van der Waals surface area contributed by atoms with E-state index < -0.39 is 17.8 Å². The normalized spacial score (nSPS) is 22.6. The van der Waals surface area contributed by atoms with Gasteiger partial charge in [-0.3, -0.25) is 0 Å². The van der Waals surface area contributed by atoms with Gasteiger partial charge in [0.25, 0.3) is 0 Å². The van der Waals surface area contributed by atoms with Gasteiger partial charge in [0.1, 0.15) is 5.60 Å². The molecule has 2 rings (SSSR count). The number of carbonyl (C=O) groups excluding carboxylic acids is 1. The summed E-state index contributed by atoms with van der Waals surface area (Å²) < 4.78 is 5.43. The highest BCUT2D eigenvalue weighted by Gasteiger charge is 2.29. The van der Waals surface area contributed by atoms with E-state index in [1.807, 2.05) is 32.5 Å². The van der Waals surface area contributed by atoms with Crippen LogP contribution in [0.25, 0.3) is 0 Å². The van der Waals surface area contributed by atoms with Crippen molar-refractivity contribution >= 4 is 17.9 Å². The third-order valence-electron chi connectivity index (χ3n) is 5.53. The van der Waals surface area contributed by atoms with Crippen molar-refractivity contribution < 1.29 is 14.6 Å². The number of carbonyl (C=O) groups is 1. The van der Waals surface area contributed by atoms with Crippen molar-refractivity contribution in [2.75, 3.05) is 5.75 Å². The molecule has 2 saturated carbocycles. The van der Waals surface area contributed by atoms with Crippen LogP contribution in [0.3, 0.4) is 0 Å². The number of amides is 1. The van der Waals surface area contributed by atoms with Gasteiger partial charge in [-0.2, -0.15) is 11.8 Å². The van der Waals surface area contributed by atoms with Gasteiger partial charge in [-0.1, -0.05) is 51.4 Å². The van der Waals surface area contributed by atoms with E-state index in [9.17, 15) is 9.90 Å². The molecule has 0 spiro atoms. The van der Waals surface area contributed by atoms with E-state index in [0.29, 0.717) is 16.9 Å². The Kier molecular flexibility index (Phi) is 9.08. The number of nitrogens with one attached hydrogen (secondary N) is 1. The van der Waals surface area contributed by atoms with Crippen LogP contribution in [0, 0.1) is 5.92 Å². The van der Waals surface area contributed by atoms with Crippen molar-refractivity contribution in [1.29, 1.82) is 0 Å². The van der Waals surface area contributed by atoms with Gasteiger partial charge >= 0.3 is 6.09 Å². The van der Waals surface area contributed by atoms with Gasteiger partial charge in [-0.15, -0.1) is 0 Å².